The highest BCUT2D eigenvalue weighted by atomic mass is 35.5. The molecule has 0 fully saturated rings. The van der Waals surface area contributed by atoms with E-state index >= 15 is 0 Å². The molecule has 0 aliphatic carbocycles. The molecule has 9 nitrogen and oxygen atoms in total. The summed E-state index contributed by atoms with van der Waals surface area (Å²) in [6, 6.07) is 47.9. The Hall–Kier alpha value is -6.02. The quantitative estimate of drug-likeness (QED) is 0.0519. The molecule has 0 N–H and O–H groups in total. The lowest BCUT2D eigenvalue weighted by Crippen LogP contribution is -2.39. The Morgan fingerprint density at radius 1 is 0.745 bits per heavy atom. The maximum atomic E-state index is 8.98. The van der Waals surface area contributed by atoms with Crippen LogP contribution in [0.2, 0.25) is 5.15 Å². The van der Waals surface area contributed by atoms with E-state index in [4.69, 9.17) is 27.4 Å². The van der Waals surface area contributed by atoms with Crippen molar-refractivity contribution < 1.29 is 0 Å². The summed E-state index contributed by atoms with van der Waals surface area (Å²) in [4.78, 5) is 7.57. The second-order valence-corrected chi connectivity index (χ2v) is 12.7. The van der Waals surface area contributed by atoms with E-state index < -0.39 is 5.54 Å². The van der Waals surface area contributed by atoms with Crippen LogP contribution >= 0.6 is 11.6 Å². The average molecular weight is 690 g/mol. The van der Waals surface area contributed by atoms with Crippen molar-refractivity contribution in [3.63, 3.8) is 0 Å². The van der Waals surface area contributed by atoms with Gasteiger partial charge < -0.3 is 4.57 Å². The maximum absolute atomic E-state index is 8.98. The van der Waals surface area contributed by atoms with Gasteiger partial charge in [-0.3, -0.25) is 0 Å². The lowest BCUT2D eigenvalue weighted by molar-refractivity contribution is 0.451. The highest BCUT2D eigenvalue weighted by molar-refractivity contribution is 6.30. The van der Waals surface area contributed by atoms with E-state index in [9.17, 15) is 0 Å². The van der Waals surface area contributed by atoms with E-state index in [0.29, 0.717) is 17.5 Å². The minimum absolute atomic E-state index is 0.144. The SMILES string of the molecule is CCCCc1nc(Cl)c(CN=[N+]=[N-])n1Cc1ccc(-c2ccccc2-c2nnnn2C(c2ccccc2)(c2ccccc2)c2ccccc2)cc1. The number of aromatic nitrogens is 6. The van der Waals surface area contributed by atoms with Gasteiger partial charge in [-0.25, -0.2) is 9.67 Å². The van der Waals surface area contributed by atoms with E-state index in [0.717, 1.165) is 69.7 Å². The standard InChI is InChI=1S/C41H36ClN9/c1-2-3-23-38-45-39(42)37(28-44-47-43)50(38)29-30-24-26-31(27-25-30)35-21-13-14-22-36(35)40-46-48-49-51(40)41(32-15-7-4-8-16-32,33-17-9-5-10-18-33)34-19-11-6-12-20-34/h4-22,24-27H,2-3,23,28-29H2,1H3. The first-order valence-corrected chi connectivity index (χ1v) is 17.4. The van der Waals surface area contributed by atoms with E-state index in [1.54, 1.807) is 0 Å². The highest BCUT2D eigenvalue weighted by Crippen LogP contribution is 2.43. The summed E-state index contributed by atoms with van der Waals surface area (Å²) < 4.78 is 4.05. The molecule has 7 aromatic rings. The zero-order chi connectivity index (χ0) is 35.0. The van der Waals surface area contributed by atoms with Crippen LogP contribution in [0.3, 0.4) is 0 Å². The van der Waals surface area contributed by atoms with Gasteiger partial charge in [-0.05, 0) is 55.8 Å². The monoisotopic (exact) mass is 689 g/mol. The fourth-order valence-corrected chi connectivity index (χ4v) is 7.11. The van der Waals surface area contributed by atoms with Gasteiger partial charge in [0.05, 0.1) is 12.2 Å². The first kappa shape index (κ1) is 33.5. The molecule has 0 radical (unpaired) electrons. The summed E-state index contributed by atoms with van der Waals surface area (Å²) in [5.41, 5.74) is 16.0. The van der Waals surface area contributed by atoms with Crippen molar-refractivity contribution in [2.75, 3.05) is 0 Å². The van der Waals surface area contributed by atoms with Crippen molar-refractivity contribution in [2.45, 2.75) is 44.8 Å². The van der Waals surface area contributed by atoms with Crippen LogP contribution in [0.5, 0.6) is 0 Å². The van der Waals surface area contributed by atoms with Crippen molar-refractivity contribution in [3.8, 4) is 22.5 Å². The average Bonchev–Trinajstić information content (AvgIpc) is 3.79. The molecule has 7 rings (SSSR count). The second kappa shape index (κ2) is 15.3. The molecule has 0 bridgehead atoms. The summed E-state index contributed by atoms with van der Waals surface area (Å²) >= 11 is 6.53. The molecular weight excluding hydrogens is 654 g/mol. The molecule has 0 aliphatic rings. The van der Waals surface area contributed by atoms with Crippen LogP contribution in [-0.2, 0) is 25.0 Å². The van der Waals surface area contributed by atoms with Gasteiger partial charge in [-0.2, -0.15) is 0 Å². The first-order chi connectivity index (χ1) is 25.1. The van der Waals surface area contributed by atoms with Crippen LogP contribution in [0.25, 0.3) is 33.0 Å². The molecule has 0 unspecified atom stereocenters. The van der Waals surface area contributed by atoms with Crippen molar-refractivity contribution in [1.29, 1.82) is 0 Å². The number of hydrogen-bond acceptors (Lipinski definition) is 5. The number of tetrazole rings is 1. The van der Waals surface area contributed by atoms with Gasteiger partial charge in [0.25, 0.3) is 0 Å². The summed E-state index contributed by atoms with van der Waals surface area (Å²) in [6.07, 6.45) is 2.82. The van der Waals surface area contributed by atoms with Crippen molar-refractivity contribution >= 4 is 11.6 Å². The number of hydrogen-bond donors (Lipinski definition) is 0. The number of nitrogens with zero attached hydrogens (tertiary/aromatic N) is 9. The summed E-state index contributed by atoms with van der Waals surface area (Å²) in [7, 11) is 0. The smallest absolute Gasteiger partial charge is 0.184 e. The van der Waals surface area contributed by atoms with Crippen LogP contribution in [0, 0.1) is 0 Å². The summed E-state index contributed by atoms with van der Waals surface area (Å²) in [5, 5.41) is 17.9. The number of imidazole rings is 1. The zero-order valence-electron chi connectivity index (χ0n) is 28.2. The second-order valence-electron chi connectivity index (χ2n) is 12.3. The molecule has 0 spiro atoms. The molecule has 5 aromatic carbocycles. The third kappa shape index (κ3) is 6.53. The molecule has 2 aromatic heterocycles. The third-order valence-electron chi connectivity index (χ3n) is 9.28. The Balaban J connectivity index is 1.32. The summed E-state index contributed by atoms with van der Waals surface area (Å²) in [5.74, 6) is 1.53. The van der Waals surface area contributed by atoms with E-state index in [1.807, 2.05) is 35.0 Å². The molecule has 10 heteroatoms. The van der Waals surface area contributed by atoms with Crippen molar-refractivity contribution in [2.24, 2.45) is 5.11 Å². The number of azide groups is 1. The fourth-order valence-electron chi connectivity index (χ4n) is 6.85. The number of halogens is 1. The molecule has 0 amide bonds. The molecule has 0 saturated carbocycles. The van der Waals surface area contributed by atoms with Gasteiger partial charge >= 0.3 is 0 Å². The van der Waals surface area contributed by atoms with E-state index in [-0.39, 0.29) is 6.54 Å². The Labute approximate surface area is 301 Å². The van der Waals surface area contributed by atoms with Crippen molar-refractivity contribution in [1.82, 2.24) is 29.8 Å². The Morgan fingerprint density at radius 2 is 1.31 bits per heavy atom. The maximum Gasteiger partial charge on any atom is 0.184 e. The Bertz CT molecular complexity index is 2160. The van der Waals surface area contributed by atoms with Crippen molar-refractivity contribution in [3.05, 3.63) is 189 Å². The van der Waals surface area contributed by atoms with Gasteiger partial charge in [-0.1, -0.05) is 170 Å². The molecule has 0 saturated heterocycles. The topological polar surface area (TPSA) is 110 Å². The number of benzene rings is 5. The Kier molecular flexibility index (Phi) is 10.0. The largest absolute Gasteiger partial charge is 0.326 e. The number of rotatable bonds is 13. The molecule has 2 heterocycles. The lowest BCUT2D eigenvalue weighted by atomic mass is 9.77. The Morgan fingerprint density at radius 3 is 1.88 bits per heavy atom. The minimum atomic E-state index is -0.867. The summed E-state index contributed by atoms with van der Waals surface area (Å²) in [6.45, 7) is 2.85. The fraction of sp³-hybridized carbons (Fsp3) is 0.171. The minimum Gasteiger partial charge on any atom is -0.326 e. The number of unbranched alkanes of at least 4 members (excludes halogenated alkanes) is 1. The van der Waals surface area contributed by atoms with Crippen LogP contribution in [0.15, 0.2) is 145 Å². The third-order valence-corrected chi connectivity index (χ3v) is 9.58. The van der Waals surface area contributed by atoms with Gasteiger partial charge in [0.15, 0.2) is 11.0 Å². The predicted molar refractivity (Wildman–Crippen MR) is 201 cm³/mol. The van der Waals surface area contributed by atoms with Gasteiger partial charge in [0.2, 0.25) is 0 Å². The zero-order valence-corrected chi connectivity index (χ0v) is 29.0. The van der Waals surface area contributed by atoms with Gasteiger partial charge in [0.1, 0.15) is 11.4 Å². The lowest BCUT2D eigenvalue weighted by Gasteiger charge is -2.36. The van der Waals surface area contributed by atoms with E-state index in [2.05, 4.69) is 141 Å². The highest BCUT2D eigenvalue weighted by Gasteiger charge is 2.42. The first-order valence-electron chi connectivity index (χ1n) is 17.0. The molecule has 51 heavy (non-hydrogen) atoms. The van der Waals surface area contributed by atoms with Crippen LogP contribution in [0.1, 0.15) is 53.5 Å². The van der Waals surface area contributed by atoms with Crippen LogP contribution in [0.4, 0.5) is 0 Å². The normalized spacial score (nSPS) is 11.3. The molecule has 0 atom stereocenters. The molecule has 252 valence electrons. The molecule has 0 aliphatic heterocycles. The molecular formula is C41H36ClN9. The van der Waals surface area contributed by atoms with Crippen LogP contribution < -0.4 is 0 Å². The van der Waals surface area contributed by atoms with Gasteiger partial charge in [0, 0.05) is 23.4 Å². The van der Waals surface area contributed by atoms with Crippen LogP contribution in [-0.4, -0.2) is 29.8 Å². The van der Waals surface area contributed by atoms with E-state index in [1.165, 1.54) is 0 Å². The van der Waals surface area contributed by atoms with Gasteiger partial charge in [-0.15, -0.1) is 5.10 Å². The number of aryl methyl sites for hydroxylation is 1. The predicted octanol–water partition coefficient (Wildman–Crippen LogP) is 9.90.